The normalized spacial score (nSPS) is 16.3. The van der Waals surface area contributed by atoms with Gasteiger partial charge in [0.05, 0.1) is 0 Å². The van der Waals surface area contributed by atoms with Gasteiger partial charge in [0, 0.05) is 57.0 Å². The van der Waals surface area contributed by atoms with Crippen molar-refractivity contribution in [2.75, 3.05) is 38.3 Å². The van der Waals surface area contributed by atoms with Crippen LogP contribution in [0.15, 0.2) is 18.5 Å². The van der Waals surface area contributed by atoms with Gasteiger partial charge in [-0.25, -0.2) is 0 Å². The molecule has 0 amide bonds. The number of hydrogen-bond donors (Lipinski definition) is 1. The van der Waals surface area contributed by atoms with Crippen LogP contribution in [0.4, 0.5) is 5.69 Å². The number of nitrogens with one attached hydrogen (secondary N) is 1. The Balaban J connectivity index is 1.95. The Morgan fingerprint density at radius 2 is 2.20 bits per heavy atom. The highest BCUT2D eigenvalue weighted by molar-refractivity contribution is 5.51. The summed E-state index contributed by atoms with van der Waals surface area (Å²) in [5.74, 6) is 0.748. The van der Waals surface area contributed by atoms with E-state index < -0.39 is 0 Å². The Kier molecular flexibility index (Phi) is 6.27. The van der Waals surface area contributed by atoms with Crippen molar-refractivity contribution in [1.82, 2.24) is 10.3 Å². The second-order valence-electron chi connectivity index (χ2n) is 5.62. The van der Waals surface area contributed by atoms with E-state index in [4.69, 9.17) is 4.74 Å². The fourth-order valence-electron chi connectivity index (χ4n) is 2.74. The van der Waals surface area contributed by atoms with Crippen LogP contribution >= 0.6 is 0 Å². The van der Waals surface area contributed by atoms with Crippen molar-refractivity contribution in [3.05, 3.63) is 24.0 Å². The SMILES string of the molecule is CCCNCc1cnccc1N(C)CC1CCOCC1. The van der Waals surface area contributed by atoms with E-state index in [1.807, 2.05) is 12.4 Å². The first-order valence-electron chi connectivity index (χ1n) is 7.73. The van der Waals surface area contributed by atoms with Gasteiger partial charge in [0.25, 0.3) is 0 Å². The first-order valence-corrected chi connectivity index (χ1v) is 7.73. The molecule has 0 bridgehead atoms. The third-order valence-corrected chi connectivity index (χ3v) is 3.90. The predicted molar refractivity (Wildman–Crippen MR) is 83.0 cm³/mol. The summed E-state index contributed by atoms with van der Waals surface area (Å²) in [5, 5.41) is 3.46. The topological polar surface area (TPSA) is 37.4 Å². The molecule has 0 unspecified atom stereocenters. The van der Waals surface area contributed by atoms with Crippen LogP contribution in [0.3, 0.4) is 0 Å². The lowest BCUT2D eigenvalue weighted by atomic mass is 9.99. The van der Waals surface area contributed by atoms with Crippen molar-refractivity contribution in [2.45, 2.75) is 32.7 Å². The van der Waals surface area contributed by atoms with Crippen molar-refractivity contribution in [1.29, 1.82) is 0 Å². The molecule has 1 aliphatic heterocycles. The highest BCUT2D eigenvalue weighted by atomic mass is 16.5. The van der Waals surface area contributed by atoms with Crippen LogP contribution in [-0.4, -0.2) is 38.3 Å². The molecule has 1 saturated heterocycles. The molecular formula is C16H27N3O. The predicted octanol–water partition coefficient (Wildman–Crippen LogP) is 2.44. The lowest BCUT2D eigenvalue weighted by molar-refractivity contribution is 0.0685. The average Bonchev–Trinajstić information content (AvgIpc) is 2.49. The zero-order chi connectivity index (χ0) is 14.2. The average molecular weight is 277 g/mol. The summed E-state index contributed by atoms with van der Waals surface area (Å²) in [6, 6.07) is 2.13. The van der Waals surface area contributed by atoms with Crippen LogP contribution in [0, 0.1) is 5.92 Å². The van der Waals surface area contributed by atoms with E-state index >= 15 is 0 Å². The number of rotatable bonds is 7. The van der Waals surface area contributed by atoms with Gasteiger partial charge in [0.1, 0.15) is 0 Å². The molecular weight excluding hydrogens is 250 g/mol. The number of aromatic nitrogens is 1. The third kappa shape index (κ3) is 4.46. The molecule has 0 saturated carbocycles. The molecule has 2 heterocycles. The molecule has 1 fully saturated rings. The molecule has 1 aromatic rings. The summed E-state index contributed by atoms with van der Waals surface area (Å²) in [6.07, 6.45) is 7.39. The van der Waals surface area contributed by atoms with Gasteiger partial charge in [-0.05, 0) is 37.8 Å². The second kappa shape index (κ2) is 8.22. The van der Waals surface area contributed by atoms with E-state index in [1.54, 1.807) is 0 Å². The Labute approximate surface area is 122 Å². The van der Waals surface area contributed by atoms with Crippen molar-refractivity contribution >= 4 is 5.69 Å². The second-order valence-corrected chi connectivity index (χ2v) is 5.62. The maximum Gasteiger partial charge on any atom is 0.0469 e. The summed E-state index contributed by atoms with van der Waals surface area (Å²) in [7, 11) is 2.19. The van der Waals surface area contributed by atoms with Crippen LogP contribution < -0.4 is 10.2 Å². The van der Waals surface area contributed by atoms with Crippen LogP contribution in [0.2, 0.25) is 0 Å². The Morgan fingerprint density at radius 1 is 1.40 bits per heavy atom. The Bertz CT molecular complexity index is 391. The van der Waals surface area contributed by atoms with Crippen LogP contribution in [0.5, 0.6) is 0 Å². The molecule has 2 rings (SSSR count). The van der Waals surface area contributed by atoms with E-state index in [9.17, 15) is 0 Å². The number of hydrogen-bond acceptors (Lipinski definition) is 4. The van der Waals surface area contributed by atoms with Gasteiger partial charge in [-0.15, -0.1) is 0 Å². The molecule has 1 aliphatic rings. The van der Waals surface area contributed by atoms with Gasteiger partial charge in [-0.1, -0.05) is 6.92 Å². The minimum absolute atomic E-state index is 0.748. The minimum atomic E-state index is 0.748. The molecule has 0 aliphatic carbocycles. The smallest absolute Gasteiger partial charge is 0.0469 e. The van der Waals surface area contributed by atoms with Crippen molar-refractivity contribution in [2.24, 2.45) is 5.92 Å². The molecule has 0 atom stereocenters. The Morgan fingerprint density at radius 3 is 2.95 bits per heavy atom. The quantitative estimate of drug-likeness (QED) is 0.777. The summed E-state index contributed by atoms with van der Waals surface area (Å²) < 4.78 is 5.44. The van der Waals surface area contributed by atoms with Crippen LogP contribution in [-0.2, 0) is 11.3 Å². The molecule has 112 valence electrons. The molecule has 0 radical (unpaired) electrons. The van der Waals surface area contributed by atoms with E-state index in [-0.39, 0.29) is 0 Å². The first-order chi connectivity index (χ1) is 9.81. The molecule has 0 spiro atoms. The minimum Gasteiger partial charge on any atom is -0.381 e. The fourth-order valence-corrected chi connectivity index (χ4v) is 2.74. The van der Waals surface area contributed by atoms with Gasteiger partial charge in [0.2, 0.25) is 0 Å². The van der Waals surface area contributed by atoms with Crippen LogP contribution in [0.25, 0.3) is 0 Å². The highest BCUT2D eigenvalue weighted by Gasteiger charge is 2.17. The molecule has 20 heavy (non-hydrogen) atoms. The summed E-state index contributed by atoms with van der Waals surface area (Å²) in [6.45, 7) is 7.08. The number of pyridine rings is 1. The highest BCUT2D eigenvalue weighted by Crippen LogP contribution is 2.22. The van der Waals surface area contributed by atoms with Gasteiger partial charge >= 0.3 is 0 Å². The van der Waals surface area contributed by atoms with E-state index in [0.717, 1.165) is 45.2 Å². The summed E-state index contributed by atoms with van der Waals surface area (Å²) in [5.41, 5.74) is 2.59. The maximum atomic E-state index is 5.44. The van der Waals surface area contributed by atoms with E-state index in [2.05, 4.69) is 35.2 Å². The largest absolute Gasteiger partial charge is 0.381 e. The molecule has 4 heteroatoms. The van der Waals surface area contributed by atoms with E-state index in [0.29, 0.717) is 0 Å². The summed E-state index contributed by atoms with van der Waals surface area (Å²) in [4.78, 5) is 6.64. The summed E-state index contributed by atoms with van der Waals surface area (Å²) >= 11 is 0. The zero-order valence-corrected chi connectivity index (χ0v) is 12.8. The van der Waals surface area contributed by atoms with Crippen molar-refractivity contribution in [3.8, 4) is 0 Å². The standard InChI is InChI=1S/C16H27N3O/c1-3-7-17-11-15-12-18-8-4-16(15)19(2)13-14-5-9-20-10-6-14/h4,8,12,14,17H,3,5-7,9-11,13H2,1-2H3. The molecule has 4 nitrogen and oxygen atoms in total. The number of ether oxygens (including phenoxy) is 1. The molecule has 1 N–H and O–H groups in total. The van der Waals surface area contributed by atoms with E-state index in [1.165, 1.54) is 24.1 Å². The number of anilines is 1. The van der Waals surface area contributed by atoms with Gasteiger partial charge in [0.15, 0.2) is 0 Å². The van der Waals surface area contributed by atoms with Gasteiger partial charge in [-0.2, -0.15) is 0 Å². The monoisotopic (exact) mass is 277 g/mol. The van der Waals surface area contributed by atoms with Gasteiger partial charge in [-0.3, -0.25) is 4.98 Å². The third-order valence-electron chi connectivity index (χ3n) is 3.90. The van der Waals surface area contributed by atoms with Crippen molar-refractivity contribution in [3.63, 3.8) is 0 Å². The first kappa shape index (κ1) is 15.3. The lowest BCUT2D eigenvalue weighted by Gasteiger charge is -2.29. The maximum absolute atomic E-state index is 5.44. The lowest BCUT2D eigenvalue weighted by Crippen LogP contribution is -2.30. The van der Waals surface area contributed by atoms with Gasteiger partial charge < -0.3 is 15.0 Å². The molecule has 1 aromatic heterocycles. The number of nitrogens with zero attached hydrogens (tertiary/aromatic N) is 2. The zero-order valence-electron chi connectivity index (χ0n) is 12.8. The molecule has 0 aromatic carbocycles. The Hall–Kier alpha value is -1.13. The fraction of sp³-hybridized carbons (Fsp3) is 0.688. The van der Waals surface area contributed by atoms with Crippen molar-refractivity contribution < 1.29 is 4.74 Å². The van der Waals surface area contributed by atoms with Crippen LogP contribution in [0.1, 0.15) is 31.7 Å².